The fraction of sp³-hybridized carbons (Fsp3) is 0.857. The minimum absolute atomic E-state index is 0.374. The first-order chi connectivity index (χ1) is 5.20. The average molecular weight is 194 g/mol. The molecule has 0 bridgehead atoms. The Morgan fingerprint density at radius 1 is 1.64 bits per heavy atom. The highest BCUT2D eigenvalue weighted by atomic mass is 32.2. The van der Waals surface area contributed by atoms with Gasteiger partial charge in [0.15, 0.2) is 0 Å². The Morgan fingerprint density at radius 3 is 2.73 bits per heavy atom. The zero-order valence-electron chi connectivity index (χ0n) is 7.12. The first-order valence-electron chi connectivity index (χ1n) is 3.53. The predicted octanol–water partition coefficient (Wildman–Crippen LogP) is 2.08. The van der Waals surface area contributed by atoms with E-state index in [9.17, 15) is 0 Å². The monoisotopic (exact) mass is 194 g/mol. The molecule has 4 heteroatoms. The maximum atomic E-state index is 5.10. The van der Waals surface area contributed by atoms with Gasteiger partial charge in [0.05, 0.1) is 13.2 Å². The molecule has 0 aromatic heterocycles. The molecule has 0 aliphatic heterocycles. The molecule has 2 nitrogen and oxygen atoms in total. The highest BCUT2D eigenvalue weighted by molar-refractivity contribution is 8.23. The second-order valence-corrected chi connectivity index (χ2v) is 4.11. The van der Waals surface area contributed by atoms with E-state index >= 15 is 0 Å². The van der Waals surface area contributed by atoms with Crippen LogP contribution in [0.1, 0.15) is 13.8 Å². The molecular formula is C7H14O2S2. The Hall–Kier alpha value is 0.200. The van der Waals surface area contributed by atoms with Crippen LogP contribution in [0.5, 0.6) is 0 Å². The molecule has 0 radical (unpaired) electrons. The van der Waals surface area contributed by atoms with E-state index in [4.69, 9.17) is 21.7 Å². The molecule has 66 valence electrons. The van der Waals surface area contributed by atoms with Gasteiger partial charge in [-0.15, -0.1) is 0 Å². The minimum Gasteiger partial charge on any atom is -0.479 e. The first kappa shape index (κ1) is 11.2. The van der Waals surface area contributed by atoms with Gasteiger partial charge >= 0.3 is 0 Å². The summed E-state index contributed by atoms with van der Waals surface area (Å²) >= 11 is 6.46. The van der Waals surface area contributed by atoms with Gasteiger partial charge in [-0.2, -0.15) is 0 Å². The maximum Gasteiger partial charge on any atom is 0.220 e. The molecule has 0 aromatic carbocycles. The van der Waals surface area contributed by atoms with Crippen LogP contribution in [0.4, 0.5) is 0 Å². The van der Waals surface area contributed by atoms with Crippen molar-refractivity contribution < 1.29 is 9.47 Å². The number of rotatable bonds is 4. The molecule has 0 fully saturated rings. The number of hydrogen-bond acceptors (Lipinski definition) is 4. The lowest BCUT2D eigenvalue weighted by Crippen LogP contribution is -2.09. The van der Waals surface area contributed by atoms with Gasteiger partial charge in [0, 0.05) is 12.4 Å². The van der Waals surface area contributed by atoms with Crippen molar-refractivity contribution in [1.29, 1.82) is 0 Å². The quantitative estimate of drug-likeness (QED) is 0.638. The minimum atomic E-state index is 0.374. The molecule has 0 saturated heterocycles. The van der Waals surface area contributed by atoms with Crippen LogP contribution in [0.15, 0.2) is 0 Å². The molecule has 0 spiro atoms. The standard InChI is InChI=1S/C7H14O2S2/c1-4-9-7(10)11-6(2)5-8-3/h6H,4-5H2,1-3H3. The molecule has 0 aromatic rings. The molecule has 0 amide bonds. The van der Waals surface area contributed by atoms with E-state index in [0.717, 1.165) is 0 Å². The Kier molecular flexibility index (Phi) is 7.01. The summed E-state index contributed by atoms with van der Waals surface area (Å²) in [4.78, 5) is 0. The summed E-state index contributed by atoms with van der Waals surface area (Å²) in [6, 6.07) is 0. The van der Waals surface area contributed by atoms with Crippen molar-refractivity contribution in [3.8, 4) is 0 Å². The molecule has 1 atom stereocenters. The van der Waals surface area contributed by atoms with Crippen molar-refractivity contribution in [2.45, 2.75) is 19.1 Å². The Bertz CT molecular complexity index is 117. The second-order valence-electron chi connectivity index (χ2n) is 2.07. The molecule has 0 saturated carbocycles. The van der Waals surface area contributed by atoms with E-state index in [2.05, 4.69) is 6.92 Å². The van der Waals surface area contributed by atoms with Crippen molar-refractivity contribution in [1.82, 2.24) is 0 Å². The van der Waals surface area contributed by atoms with Crippen molar-refractivity contribution in [2.75, 3.05) is 20.3 Å². The smallest absolute Gasteiger partial charge is 0.220 e. The van der Waals surface area contributed by atoms with Crippen LogP contribution in [0.3, 0.4) is 0 Å². The maximum absolute atomic E-state index is 5.10. The van der Waals surface area contributed by atoms with Crippen molar-refractivity contribution >= 4 is 28.4 Å². The third kappa shape index (κ3) is 6.59. The van der Waals surface area contributed by atoms with Crippen LogP contribution in [0.25, 0.3) is 0 Å². The molecule has 11 heavy (non-hydrogen) atoms. The lowest BCUT2D eigenvalue weighted by molar-refractivity contribution is 0.203. The van der Waals surface area contributed by atoms with E-state index in [0.29, 0.717) is 22.8 Å². The molecule has 0 aliphatic rings. The van der Waals surface area contributed by atoms with Crippen molar-refractivity contribution in [3.05, 3.63) is 0 Å². The zero-order chi connectivity index (χ0) is 8.69. The van der Waals surface area contributed by atoms with E-state index in [1.807, 2.05) is 6.92 Å². The van der Waals surface area contributed by atoms with E-state index in [1.54, 1.807) is 7.11 Å². The third-order valence-electron chi connectivity index (χ3n) is 0.961. The van der Waals surface area contributed by atoms with Gasteiger partial charge in [-0.25, -0.2) is 0 Å². The molecule has 0 heterocycles. The van der Waals surface area contributed by atoms with E-state index in [-0.39, 0.29) is 0 Å². The summed E-state index contributed by atoms with van der Waals surface area (Å²) in [5.41, 5.74) is 0. The summed E-state index contributed by atoms with van der Waals surface area (Å²) in [5.74, 6) is 0. The third-order valence-corrected chi connectivity index (χ3v) is 2.22. The summed E-state index contributed by atoms with van der Waals surface area (Å²) in [7, 11) is 1.68. The predicted molar refractivity (Wildman–Crippen MR) is 53.2 cm³/mol. The summed E-state index contributed by atoms with van der Waals surface area (Å²) in [5, 5.41) is 0.374. The number of thioether (sulfide) groups is 1. The van der Waals surface area contributed by atoms with Crippen molar-refractivity contribution in [3.63, 3.8) is 0 Å². The Balaban J connectivity index is 3.40. The van der Waals surface area contributed by atoms with Crippen LogP contribution in [-0.2, 0) is 9.47 Å². The summed E-state index contributed by atoms with van der Waals surface area (Å²) in [6.45, 7) is 5.33. The summed E-state index contributed by atoms with van der Waals surface area (Å²) in [6.07, 6.45) is 0. The van der Waals surface area contributed by atoms with Gasteiger partial charge in [0.25, 0.3) is 0 Å². The van der Waals surface area contributed by atoms with Gasteiger partial charge in [0.2, 0.25) is 4.38 Å². The number of ether oxygens (including phenoxy) is 2. The highest BCUT2D eigenvalue weighted by Crippen LogP contribution is 2.13. The molecule has 1 unspecified atom stereocenters. The van der Waals surface area contributed by atoms with E-state index in [1.165, 1.54) is 11.8 Å². The van der Waals surface area contributed by atoms with Crippen LogP contribution >= 0.6 is 24.0 Å². The largest absolute Gasteiger partial charge is 0.479 e. The summed E-state index contributed by atoms with van der Waals surface area (Å²) < 4.78 is 10.7. The highest BCUT2D eigenvalue weighted by Gasteiger charge is 2.05. The van der Waals surface area contributed by atoms with Gasteiger partial charge in [0.1, 0.15) is 0 Å². The Labute approximate surface area is 77.6 Å². The van der Waals surface area contributed by atoms with Gasteiger partial charge < -0.3 is 9.47 Å². The van der Waals surface area contributed by atoms with Crippen LogP contribution in [0, 0.1) is 0 Å². The number of methoxy groups -OCH3 is 1. The van der Waals surface area contributed by atoms with E-state index < -0.39 is 0 Å². The van der Waals surface area contributed by atoms with Crippen molar-refractivity contribution in [2.24, 2.45) is 0 Å². The van der Waals surface area contributed by atoms with Crippen LogP contribution < -0.4 is 0 Å². The second kappa shape index (κ2) is 6.88. The first-order valence-corrected chi connectivity index (χ1v) is 4.81. The topological polar surface area (TPSA) is 18.5 Å². The zero-order valence-corrected chi connectivity index (χ0v) is 8.76. The lowest BCUT2D eigenvalue weighted by atomic mass is 10.5. The molecular weight excluding hydrogens is 180 g/mol. The van der Waals surface area contributed by atoms with Gasteiger partial charge in [-0.05, 0) is 19.1 Å². The normalized spacial score (nSPS) is 12.6. The number of hydrogen-bond donors (Lipinski definition) is 0. The van der Waals surface area contributed by atoms with Crippen LogP contribution in [-0.4, -0.2) is 30.0 Å². The van der Waals surface area contributed by atoms with Crippen LogP contribution in [0.2, 0.25) is 0 Å². The average Bonchev–Trinajstić information content (AvgIpc) is 1.87. The lowest BCUT2D eigenvalue weighted by Gasteiger charge is -2.09. The SMILES string of the molecule is CCOC(=S)SC(C)COC. The fourth-order valence-corrected chi connectivity index (χ4v) is 1.91. The molecule has 0 rings (SSSR count). The Morgan fingerprint density at radius 2 is 2.27 bits per heavy atom. The molecule has 0 aliphatic carbocycles. The number of thiocarbonyl (C=S) groups is 1. The molecule has 0 N–H and O–H groups in total. The fourth-order valence-electron chi connectivity index (χ4n) is 0.585. The van der Waals surface area contributed by atoms with Gasteiger partial charge in [-0.3, -0.25) is 0 Å². The van der Waals surface area contributed by atoms with Gasteiger partial charge in [-0.1, -0.05) is 18.7 Å².